The number of hydrogen-bond donors (Lipinski definition) is 1. The summed E-state index contributed by atoms with van der Waals surface area (Å²) in [6.45, 7) is 3.73. The monoisotopic (exact) mass is 433 g/mol. The number of thiazole rings is 1. The van der Waals surface area contributed by atoms with Crippen LogP contribution in [-0.2, 0) is 4.79 Å². The Morgan fingerprint density at radius 1 is 1.00 bits per heavy atom. The Morgan fingerprint density at radius 3 is 2.19 bits per heavy atom. The summed E-state index contributed by atoms with van der Waals surface area (Å²) in [6, 6.07) is 18.4. The number of hydrogen-bond acceptors (Lipinski definition) is 4. The van der Waals surface area contributed by atoms with E-state index in [1.54, 1.807) is 4.90 Å². The van der Waals surface area contributed by atoms with Crippen LogP contribution in [0.5, 0.6) is 0 Å². The van der Waals surface area contributed by atoms with Crippen molar-refractivity contribution in [2.75, 3.05) is 4.90 Å². The third kappa shape index (κ3) is 4.69. The van der Waals surface area contributed by atoms with Crippen molar-refractivity contribution in [1.82, 2.24) is 10.3 Å². The van der Waals surface area contributed by atoms with E-state index in [4.69, 9.17) is 0 Å². The molecule has 1 atom stereocenters. The second kappa shape index (κ2) is 9.43. The molecule has 2 aromatic carbocycles. The molecular weight excluding hydrogens is 406 g/mol. The lowest BCUT2D eigenvalue weighted by Gasteiger charge is -2.32. The zero-order chi connectivity index (χ0) is 21.8. The maximum Gasteiger partial charge on any atom is 0.271 e. The van der Waals surface area contributed by atoms with Crippen LogP contribution in [0.4, 0.5) is 5.69 Å². The number of anilines is 1. The van der Waals surface area contributed by atoms with Gasteiger partial charge in [-0.25, -0.2) is 4.98 Å². The van der Waals surface area contributed by atoms with E-state index in [0.29, 0.717) is 16.3 Å². The highest BCUT2D eigenvalue weighted by Crippen LogP contribution is 2.32. The zero-order valence-corrected chi connectivity index (χ0v) is 18.7. The van der Waals surface area contributed by atoms with Crippen molar-refractivity contribution in [1.29, 1.82) is 0 Å². The van der Waals surface area contributed by atoms with Crippen LogP contribution in [0.2, 0.25) is 0 Å². The van der Waals surface area contributed by atoms with Crippen LogP contribution in [0.3, 0.4) is 0 Å². The van der Waals surface area contributed by atoms with Crippen molar-refractivity contribution in [3.8, 4) is 0 Å². The van der Waals surface area contributed by atoms with Gasteiger partial charge in [0.1, 0.15) is 10.9 Å². The van der Waals surface area contributed by atoms with Crippen molar-refractivity contribution in [3.05, 3.63) is 81.8 Å². The lowest BCUT2D eigenvalue weighted by atomic mass is 10.0. The van der Waals surface area contributed by atoms with Crippen molar-refractivity contribution < 1.29 is 9.59 Å². The fraction of sp³-hybridized carbons (Fsp3) is 0.320. The first-order valence-corrected chi connectivity index (χ1v) is 11.5. The molecule has 0 unspecified atom stereocenters. The van der Waals surface area contributed by atoms with Gasteiger partial charge >= 0.3 is 0 Å². The Kier molecular flexibility index (Phi) is 6.47. The van der Waals surface area contributed by atoms with Crippen molar-refractivity contribution >= 4 is 28.8 Å². The molecule has 5 nitrogen and oxygen atoms in total. The van der Waals surface area contributed by atoms with Crippen LogP contribution in [0, 0.1) is 13.8 Å². The van der Waals surface area contributed by atoms with Crippen LogP contribution >= 0.6 is 11.3 Å². The SMILES string of the molecule is Cc1nc(C)c(C(=O)N(c2ccccc2)[C@H](C(=O)NC2CCCC2)c2ccccc2)s1. The predicted octanol–water partition coefficient (Wildman–Crippen LogP) is 5.21. The lowest BCUT2D eigenvalue weighted by Crippen LogP contribution is -2.46. The van der Waals surface area contributed by atoms with Crippen molar-refractivity contribution in [2.24, 2.45) is 0 Å². The van der Waals surface area contributed by atoms with Gasteiger partial charge in [0.2, 0.25) is 5.91 Å². The molecule has 1 aliphatic carbocycles. The fourth-order valence-corrected chi connectivity index (χ4v) is 5.07. The Balaban J connectivity index is 1.80. The summed E-state index contributed by atoms with van der Waals surface area (Å²) in [6.07, 6.45) is 4.22. The molecule has 0 bridgehead atoms. The van der Waals surface area contributed by atoms with Crippen molar-refractivity contribution in [3.63, 3.8) is 0 Å². The van der Waals surface area contributed by atoms with Gasteiger partial charge in [0.15, 0.2) is 0 Å². The van der Waals surface area contributed by atoms with Crippen LogP contribution in [-0.4, -0.2) is 22.8 Å². The number of amides is 2. The number of benzene rings is 2. The Hall–Kier alpha value is -2.99. The molecule has 0 saturated heterocycles. The second-order valence-corrected chi connectivity index (χ2v) is 9.16. The smallest absolute Gasteiger partial charge is 0.271 e. The van der Waals surface area contributed by atoms with Gasteiger partial charge in [0, 0.05) is 11.7 Å². The van der Waals surface area contributed by atoms with Crippen LogP contribution < -0.4 is 10.2 Å². The summed E-state index contributed by atoms with van der Waals surface area (Å²) in [7, 11) is 0. The largest absolute Gasteiger partial charge is 0.351 e. The molecule has 0 spiro atoms. The number of carbonyl (C=O) groups excluding carboxylic acids is 2. The molecule has 6 heteroatoms. The van der Waals surface area contributed by atoms with Crippen molar-refractivity contribution in [2.45, 2.75) is 51.6 Å². The molecular formula is C25H27N3O2S. The molecule has 0 aliphatic heterocycles. The van der Waals surface area contributed by atoms with E-state index in [1.165, 1.54) is 11.3 Å². The third-order valence-electron chi connectivity index (χ3n) is 5.67. The molecule has 2 amide bonds. The van der Waals surface area contributed by atoms with E-state index in [-0.39, 0.29) is 17.9 Å². The first-order valence-electron chi connectivity index (χ1n) is 10.7. The molecule has 1 heterocycles. The molecule has 160 valence electrons. The summed E-state index contributed by atoms with van der Waals surface area (Å²) in [5.74, 6) is -0.348. The van der Waals surface area contributed by atoms with Crippen LogP contribution in [0.15, 0.2) is 60.7 Å². The average Bonchev–Trinajstić information content (AvgIpc) is 3.41. The Bertz CT molecular complexity index is 1040. The van der Waals surface area contributed by atoms with Gasteiger partial charge in [0.25, 0.3) is 5.91 Å². The first kappa shape index (κ1) is 21.2. The van der Waals surface area contributed by atoms with Gasteiger partial charge in [-0.15, -0.1) is 11.3 Å². The van der Waals surface area contributed by atoms with Gasteiger partial charge in [-0.3, -0.25) is 14.5 Å². The molecule has 0 radical (unpaired) electrons. The van der Waals surface area contributed by atoms with Crippen LogP contribution in [0.25, 0.3) is 0 Å². The first-order chi connectivity index (χ1) is 15.0. The summed E-state index contributed by atoms with van der Waals surface area (Å²) >= 11 is 1.37. The molecule has 1 aliphatic rings. The third-order valence-corrected chi connectivity index (χ3v) is 6.74. The van der Waals surface area contributed by atoms with Gasteiger partial charge in [-0.1, -0.05) is 61.4 Å². The molecule has 31 heavy (non-hydrogen) atoms. The number of para-hydroxylation sites is 1. The lowest BCUT2D eigenvalue weighted by molar-refractivity contribution is -0.123. The van der Waals surface area contributed by atoms with E-state index in [1.807, 2.05) is 74.5 Å². The number of carbonyl (C=O) groups is 2. The van der Waals surface area contributed by atoms with E-state index < -0.39 is 6.04 Å². The summed E-state index contributed by atoms with van der Waals surface area (Å²) in [5, 5.41) is 4.04. The van der Waals surface area contributed by atoms with Gasteiger partial charge in [-0.05, 0) is 44.4 Å². The molecule has 3 aromatic rings. The predicted molar refractivity (Wildman–Crippen MR) is 124 cm³/mol. The Morgan fingerprint density at radius 2 is 1.61 bits per heavy atom. The van der Waals surface area contributed by atoms with E-state index in [2.05, 4.69) is 10.3 Å². The highest BCUT2D eigenvalue weighted by molar-refractivity contribution is 7.13. The summed E-state index contributed by atoms with van der Waals surface area (Å²) < 4.78 is 0. The van der Waals surface area contributed by atoms with E-state index in [9.17, 15) is 9.59 Å². The van der Waals surface area contributed by atoms with E-state index in [0.717, 1.165) is 36.3 Å². The summed E-state index contributed by atoms with van der Waals surface area (Å²) in [4.78, 5) is 34.1. The normalized spacial score (nSPS) is 14.9. The second-order valence-electron chi connectivity index (χ2n) is 7.96. The number of rotatable bonds is 6. The van der Waals surface area contributed by atoms with Crippen LogP contribution in [0.1, 0.15) is 57.7 Å². The minimum atomic E-state index is -0.765. The standard InChI is InChI=1S/C25H27N3O2S/c1-17-23(31-18(2)26-17)25(30)28(21-15-7-4-8-16-21)22(19-11-5-3-6-12-19)24(29)27-20-13-9-10-14-20/h3-8,11-12,15-16,20,22H,9-10,13-14H2,1-2H3,(H,27,29)/t22-/m0/s1. The molecule has 1 aromatic heterocycles. The highest BCUT2D eigenvalue weighted by Gasteiger charge is 2.35. The number of aryl methyl sites for hydroxylation is 2. The Labute approximate surface area is 187 Å². The number of nitrogens with zero attached hydrogens (tertiary/aromatic N) is 2. The molecule has 1 N–H and O–H groups in total. The number of aromatic nitrogens is 1. The van der Waals surface area contributed by atoms with Gasteiger partial charge in [0.05, 0.1) is 10.7 Å². The summed E-state index contributed by atoms with van der Waals surface area (Å²) in [5.41, 5.74) is 2.17. The molecule has 1 saturated carbocycles. The maximum absolute atomic E-state index is 13.9. The maximum atomic E-state index is 13.9. The fourth-order valence-electron chi connectivity index (χ4n) is 4.21. The molecule has 4 rings (SSSR count). The van der Waals surface area contributed by atoms with Gasteiger partial charge in [-0.2, -0.15) is 0 Å². The topological polar surface area (TPSA) is 62.3 Å². The highest BCUT2D eigenvalue weighted by atomic mass is 32.1. The molecule has 1 fully saturated rings. The minimum Gasteiger partial charge on any atom is -0.351 e. The quantitative estimate of drug-likeness (QED) is 0.581. The zero-order valence-electron chi connectivity index (χ0n) is 17.9. The minimum absolute atomic E-state index is 0.144. The van der Waals surface area contributed by atoms with E-state index >= 15 is 0 Å². The number of nitrogens with one attached hydrogen (secondary N) is 1. The van der Waals surface area contributed by atoms with Gasteiger partial charge < -0.3 is 5.32 Å². The average molecular weight is 434 g/mol.